The standard InChI is InChI=1S/C49H45BN2/c1-7-45-49-46(8-2)52(42-17-13-10-14-18-42)48-30-28-40(38-25-21-36(22-26-38)34(5)6)32-44(48)50(49)43-31-39(37-23-19-35(20-24-37)33(3)4)27-29-47(43)51(45)41-15-11-9-12-16-41/h7-34H,1H2,2-6H3/b46-8+. The van der Waals surface area contributed by atoms with Gasteiger partial charge in [0.15, 0.2) is 0 Å². The van der Waals surface area contributed by atoms with Gasteiger partial charge in [0.1, 0.15) is 0 Å². The molecule has 2 aliphatic rings. The van der Waals surface area contributed by atoms with E-state index in [0.29, 0.717) is 11.8 Å². The zero-order valence-corrected chi connectivity index (χ0v) is 30.8. The molecular formula is C49H45BN2. The highest BCUT2D eigenvalue weighted by Crippen LogP contribution is 2.45. The van der Waals surface area contributed by atoms with Crippen LogP contribution in [0.2, 0.25) is 0 Å². The minimum Gasteiger partial charge on any atom is -0.312 e. The van der Waals surface area contributed by atoms with Gasteiger partial charge in [0.25, 0.3) is 6.71 Å². The third-order valence-corrected chi connectivity index (χ3v) is 10.8. The van der Waals surface area contributed by atoms with Crippen LogP contribution < -0.4 is 20.7 Å². The summed E-state index contributed by atoms with van der Waals surface area (Å²) in [5, 5.41) is 0. The Bertz CT molecular complexity index is 2310. The van der Waals surface area contributed by atoms with Crippen molar-refractivity contribution in [2.24, 2.45) is 0 Å². The SMILES string of the molecule is C=CC1=C2B(c3cc(-c4ccc(C(C)C)cc4)ccc3N1c1ccccc1)c1cc(-c3ccc(C(C)C)cc3)ccc1N(c1ccccc1)/C2=C/C. The maximum atomic E-state index is 4.48. The van der Waals surface area contributed by atoms with Crippen molar-refractivity contribution in [2.75, 3.05) is 9.80 Å². The first-order valence-electron chi connectivity index (χ1n) is 18.6. The molecule has 6 aromatic carbocycles. The smallest absolute Gasteiger partial charge is 0.252 e. The van der Waals surface area contributed by atoms with Crippen molar-refractivity contribution in [1.29, 1.82) is 0 Å². The first-order chi connectivity index (χ1) is 25.4. The van der Waals surface area contributed by atoms with Crippen molar-refractivity contribution in [2.45, 2.75) is 46.5 Å². The molecule has 0 saturated heterocycles. The van der Waals surface area contributed by atoms with E-state index in [1.807, 2.05) is 0 Å². The number of nitrogens with zero attached hydrogens (tertiary/aromatic N) is 2. The Morgan fingerprint density at radius 2 is 0.942 bits per heavy atom. The van der Waals surface area contributed by atoms with Gasteiger partial charge in [0.05, 0.1) is 0 Å². The van der Waals surface area contributed by atoms with Gasteiger partial charge in [-0.05, 0) is 111 Å². The number of para-hydroxylation sites is 2. The lowest BCUT2D eigenvalue weighted by Crippen LogP contribution is -2.56. The van der Waals surface area contributed by atoms with Gasteiger partial charge in [-0.15, -0.1) is 0 Å². The second-order valence-electron chi connectivity index (χ2n) is 14.6. The molecule has 6 aromatic rings. The summed E-state index contributed by atoms with van der Waals surface area (Å²) in [5.74, 6) is 0.978. The van der Waals surface area contributed by atoms with Gasteiger partial charge < -0.3 is 9.80 Å². The van der Waals surface area contributed by atoms with E-state index in [4.69, 9.17) is 0 Å². The van der Waals surface area contributed by atoms with Crippen LogP contribution in [0.25, 0.3) is 22.3 Å². The molecule has 0 aromatic heterocycles. The van der Waals surface area contributed by atoms with Crippen LogP contribution in [0.3, 0.4) is 0 Å². The summed E-state index contributed by atoms with van der Waals surface area (Å²) < 4.78 is 0. The van der Waals surface area contributed by atoms with Gasteiger partial charge in [-0.3, -0.25) is 0 Å². The number of allylic oxidation sites excluding steroid dienone is 3. The van der Waals surface area contributed by atoms with Gasteiger partial charge >= 0.3 is 0 Å². The van der Waals surface area contributed by atoms with Crippen molar-refractivity contribution in [1.82, 2.24) is 0 Å². The zero-order chi connectivity index (χ0) is 35.9. The van der Waals surface area contributed by atoms with Crippen LogP contribution in [0.15, 0.2) is 181 Å². The normalized spacial score (nSPS) is 14.5. The average Bonchev–Trinajstić information content (AvgIpc) is 3.19. The minimum absolute atomic E-state index is 0.0195. The molecule has 3 heteroatoms. The van der Waals surface area contributed by atoms with Gasteiger partial charge in [-0.2, -0.15) is 0 Å². The van der Waals surface area contributed by atoms with Crippen LogP contribution in [-0.4, -0.2) is 6.71 Å². The summed E-state index contributed by atoms with van der Waals surface area (Å²) >= 11 is 0. The van der Waals surface area contributed by atoms with E-state index in [2.05, 4.69) is 209 Å². The molecule has 0 unspecified atom stereocenters. The maximum absolute atomic E-state index is 4.48. The zero-order valence-electron chi connectivity index (χ0n) is 30.8. The molecule has 0 atom stereocenters. The maximum Gasteiger partial charge on any atom is 0.252 e. The van der Waals surface area contributed by atoms with Gasteiger partial charge in [0, 0.05) is 34.1 Å². The highest BCUT2D eigenvalue weighted by atomic mass is 15.2. The highest BCUT2D eigenvalue weighted by molar-refractivity contribution is 6.95. The van der Waals surface area contributed by atoms with Crippen LogP contribution in [0, 0.1) is 0 Å². The van der Waals surface area contributed by atoms with Crippen molar-refractivity contribution >= 4 is 40.4 Å². The number of hydrogen-bond acceptors (Lipinski definition) is 2. The van der Waals surface area contributed by atoms with Crippen molar-refractivity contribution in [3.63, 3.8) is 0 Å². The second-order valence-corrected chi connectivity index (χ2v) is 14.6. The van der Waals surface area contributed by atoms with Crippen molar-refractivity contribution in [3.05, 3.63) is 192 Å². The molecule has 254 valence electrons. The molecule has 2 nitrogen and oxygen atoms in total. The fourth-order valence-corrected chi connectivity index (χ4v) is 8.06. The topological polar surface area (TPSA) is 6.48 Å². The van der Waals surface area contributed by atoms with E-state index in [0.717, 1.165) is 17.1 Å². The number of benzene rings is 6. The molecule has 0 spiro atoms. The van der Waals surface area contributed by atoms with E-state index in [9.17, 15) is 0 Å². The summed E-state index contributed by atoms with van der Waals surface area (Å²) in [7, 11) is 0. The Labute approximate surface area is 310 Å². The molecule has 2 aliphatic heterocycles. The van der Waals surface area contributed by atoms with E-state index in [1.54, 1.807) is 0 Å². The summed E-state index contributed by atoms with van der Waals surface area (Å²) in [5.41, 5.74) is 18.3. The van der Waals surface area contributed by atoms with Crippen LogP contribution in [0.1, 0.15) is 57.6 Å². The molecule has 0 amide bonds. The predicted octanol–water partition coefficient (Wildman–Crippen LogP) is 12.1. The van der Waals surface area contributed by atoms with E-state index < -0.39 is 0 Å². The van der Waals surface area contributed by atoms with Gasteiger partial charge in [-0.25, -0.2) is 0 Å². The molecular weight excluding hydrogens is 627 g/mol. The minimum atomic E-state index is -0.0195. The van der Waals surface area contributed by atoms with E-state index in [1.165, 1.54) is 66.9 Å². The number of fused-ring (bicyclic) bond motifs is 5. The van der Waals surface area contributed by atoms with E-state index >= 15 is 0 Å². The van der Waals surface area contributed by atoms with Crippen LogP contribution in [0.4, 0.5) is 22.7 Å². The van der Waals surface area contributed by atoms with Crippen LogP contribution in [-0.2, 0) is 0 Å². The molecule has 0 saturated carbocycles. The average molecular weight is 673 g/mol. The monoisotopic (exact) mass is 672 g/mol. The summed E-state index contributed by atoms with van der Waals surface area (Å²) in [6, 6.07) is 53.9. The third kappa shape index (κ3) is 5.71. The quantitative estimate of drug-likeness (QED) is 0.156. The fourth-order valence-electron chi connectivity index (χ4n) is 8.06. The molecule has 0 bridgehead atoms. The van der Waals surface area contributed by atoms with Crippen molar-refractivity contribution in [3.8, 4) is 22.3 Å². The summed E-state index contributed by atoms with van der Waals surface area (Å²) in [6.07, 6.45) is 4.34. The molecule has 0 fully saturated rings. The first kappa shape index (κ1) is 33.4. The summed E-state index contributed by atoms with van der Waals surface area (Å²) in [6.45, 7) is 15.6. The summed E-state index contributed by atoms with van der Waals surface area (Å²) in [4.78, 5) is 4.85. The molecule has 0 N–H and O–H groups in total. The lowest BCUT2D eigenvalue weighted by Gasteiger charge is -2.45. The predicted molar refractivity (Wildman–Crippen MR) is 225 cm³/mol. The number of rotatable bonds is 7. The van der Waals surface area contributed by atoms with E-state index in [-0.39, 0.29) is 6.71 Å². The Morgan fingerprint density at radius 1 is 0.519 bits per heavy atom. The Balaban J connectivity index is 1.43. The molecule has 8 rings (SSSR count). The first-order valence-corrected chi connectivity index (χ1v) is 18.6. The molecule has 2 heterocycles. The lowest BCUT2D eigenvalue weighted by molar-refractivity contribution is 0.867. The lowest BCUT2D eigenvalue weighted by atomic mass is 9.32. The molecule has 0 radical (unpaired) electrons. The second kappa shape index (κ2) is 13.7. The number of anilines is 4. The molecule has 0 aliphatic carbocycles. The van der Waals surface area contributed by atoms with Gasteiger partial charge in [-0.1, -0.05) is 150 Å². The van der Waals surface area contributed by atoms with Crippen LogP contribution in [0.5, 0.6) is 0 Å². The third-order valence-electron chi connectivity index (χ3n) is 10.8. The Morgan fingerprint density at radius 3 is 1.37 bits per heavy atom. The van der Waals surface area contributed by atoms with Crippen molar-refractivity contribution < 1.29 is 0 Å². The largest absolute Gasteiger partial charge is 0.312 e. The Kier molecular flexibility index (Phi) is 8.81. The van der Waals surface area contributed by atoms with Crippen LogP contribution >= 0.6 is 0 Å². The number of hydrogen-bond donors (Lipinski definition) is 0. The fraction of sp³-hybridized carbons (Fsp3) is 0.143. The molecule has 52 heavy (non-hydrogen) atoms. The highest BCUT2D eigenvalue weighted by Gasteiger charge is 2.44. The van der Waals surface area contributed by atoms with Gasteiger partial charge in [0.2, 0.25) is 0 Å². The Hall–Kier alpha value is -5.80.